The van der Waals surface area contributed by atoms with Crippen molar-refractivity contribution in [1.82, 2.24) is 5.32 Å². The van der Waals surface area contributed by atoms with Crippen LogP contribution in [0.3, 0.4) is 0 Å². The molecule has 7 heteroatoms. The molecule has 0 saturated carbocycles. The summed E-state index contributed by atoms with van der Waals surface area (Å²) in [6.07, 6.45) is 0. The average Bonchev–Trinajstić information content (AvgIpc) is 2.79. The van der Waals surface area contributed by atoms with Crippen LogP contribution in [0.15, 0.2) is 30.3 Å². The van der Waals surface area contributed by atoms with Gasteiger partial charge in [0.1, 0.15) is 0 Å². The zero-order chi connectivity index (χ0) is 14.7. The van der Waals surface area contributed by atoms with Crippen molar-refractivity contribution in [2.75, 3.05) is 5.32 Å². The maximum atomic E-state index is 11.9. The van der Waals surface area contributed by atoms with Gasteiger partial charge in [0.2, 0.25) is 0 Å². The Balaban J connectivity index is 1.98. The quantitative estimate of drug-likeness (QED) is 0.745. The third-order valence-electron chi connectivity index (χ3n) is 2.55. The first kappa shape index (κ1) is 15.4. The molecule has 1 atom stereocenters. The van der Waals surface area contributed by atoms with Gasteiger partial charge in [-0.25, -0.2) is 4.79 Å². The fourth-order valence-corrected chi connectivity index (χ4v) is 3.10. The molecular weight excluding hydrogens is 339 g/mol. The van der Waals surface area contributed by atoms with E-state index in [0.717, 1.165) is 4.88 Å². The van der Waals surface area contributed by atoms with Gasteiger partial charge in [-0.05, 0) is 37.3 Å². The van der Waals surface area contributed by atoms with Crippen LogP contribution in [0.25, 0.3) is 0 Å². The number of carbonyl (C=O) groups is 1. The van der Waals surface area contributed by atoms with E-state index >= 15 is 0 Å². The van der Waals surface area contributed by atoms with Crippen molar-refractivity contribution < 1.29 is 4.79 Å². The highest BCUT2D eigenvalue weighted by Gasteiger charge is 2.12. The predicted octanol–water partition coefficient (Wildman–Crippen LogP) is 5.59. The number of nitrogens with one attached hydrogen (secondary N) is 2. The van der Waals surface area contributed by atoms with Crippen LogP contribution in [-0.4, -0.2) is 6.03 Å². The molecule has 0 fully saturated rings. The highest BCUT2D eigenvalue weighted by molar-refractivity contribution is 7.16. The van der Waals surface area contributed by atoms with E-state index in [4.69, 9.17) is 34.8 Å². The van der Waals surface area contributed by atoms with Crippen molar-refractivity contribution in [2.24, 2.45) is 0 Å². The number of rotatable bonds is 3. The van der Waals surface area contributed by atoms with Crippen molar-refractivity contribution in [2.45, 2.75) is 13.0 Å². The summed E-state index contributed by atoms with van der Waals surface area (Å²) < 4.78 is 0.690. The normalized spacial score (nSPS) is 12.0. The Morgan fingerprint density at radius 1 is 1.20 bits per heavy atom. The van der Waals surface area contributed by atoms with Crippen molar-refractivity contribution >= 4 is 57.9 Å². The van der Waals surface area contributed by atoms with Gasteiger partial charge in [0.25, 0.3) is 0 Å². The zero-order valence-electron chi connectivity index (χ0n) is 10.4. The van der Waals surface area contributed by atoms with E-state index in [2.05, 4.69) is 10.6 Å². The van der Waals surface area contributed by atoms with E-state index in [0.29, 0.717) is 20.1 Å². The highest BCUT2D eigenvalue weighted by atomic mass is 35.5. The smallest absolute Gasteiger partial charge is 0.319 e. The van der Waals surface area contributed by atoms with E-state index in [1.165, 1.54) is 11.3 Å². The molecule has 2 amide bonds. The number of halogens is 3. The van der Waals surface area contributed by atoms with Crippen LogP contribution in [0, 0.1) is 0 Å². The summed E-state index contributed by atoms with van der Waals surface area (Å²) >= 11 is 19.1. The molecule has 106 valence electrons. The number of hydrogen-bond acceptors (Lipinski definition) is 2. The van der Waals surface area contributed by atoms with Crippen LogP contribution in [0.2, 0.25) is 14.4 Å². The number of urea groups is 1. The van der Waals surface area contributed by atoms with Crippen molar-refractivity contribution in [3.63, 3.8) is 0 Å². The summed E-state index contributed by atoms with van der Waals surface area (Å²) in [7, 11) is 0. The van der Waals surface area contributed by atoms with E-state index in [-0.39, 0.29) is 12.1 Å². The van der Waals surface area contributed by atoms with Crippen LogP contribution < -0.4 is 10.6 Å². The fraction of sp³-hybridized carbons (Fsp3) is 0.154. The highest BCUT2D eigenvalue weighted by Crippen LogP contribution is 2.27. The lowest BCUT2D eigenvalue weighted by atomic mass is 10.3. The van der Waals surface area contributed by atoms with Crippen molar-refractivity contribution in [3.05, 3.63) is 49.6 Å². The van der Waals surface area contributed by atoms with Crippen LogP contribution in [-0.2, 0) is 0 Å². The maximum absolute atomic E-state index is 11.9. The van der Waals surface area contributed by atoms with Gasteiger partial charge >= 0.3 is 6.03 Å². The van der Waals surface area contributed by atoms with Gasteiger partial charge in [0.05, 0.1) is 21.1 Å². The largest absolute Gasteiger partial charge is 0.331 e. The number of benzene rings is 1. The second kappa shape index (κ2) is 6.68. The molecule has 0 spiro atoms. The molecule has 1 heterocycles. The zero-order valence-corrected chi connectivity index (χ0v) is 13.5. The Hall–Kier alpha value is -0.940. The summed E-state index contributed by atoms with van der Waals surface area (Å²) in [5.41, 5.74) is 0.505. The number of carbonyl (C=O) groups excluding carboxylic acids is 1. The van der Waals surface area contributed by atoms with E-state index < -0.39 is 0 Å². The molecule has 0 aliphatic heterocycles. The first-order valence-corrected chi connectivity index (χ1v) is 7.68. The van der Waals surface area contributed by atoms with Gasteiger partial charge in [-0.3, -0.25) is 0 Å². The molecule has 1 aromatic carbocycles. The third-order valence-corrected chi connectivity index (χ3v) is 4.51. The molecule has 1 unspecified atom stereocenters. The molecule has 1 aromatic heterocycles. The summed E-state index contributed by atoms with van der Waals surface area (Å²) in [5, 5.41) is 6.39. The summed E-state index contributed by atoms with van der Waals surface area (Å²) in [5.74, 6) is 0. The Kier molecular flexibility index (Phi) is 5.16. The monoisotopic (exact) mass is 348 g/mol. The van der Waals surface area contributed by atoms with Crippen LogP contribution >= 0.6 is 46.1 Å². The van der Waals surface area contributed by atoms with E-state index in [1.54, 1.807) is 24.3 Å². The Bertz CT molecular complexity index is 630. The fourth-order valence-electron chi connectivity index (χ4n) is 1.58. The number of anilines is 1. The topological polar surface area (TPSA) is 41.1 Å². The van der Waals surface area contributed by atoms with E-state index in [9.17, 15) is 4.79 Å². The molecule has 0 radical (unpaired) electrons. The second-order valence-corrected chi connectivity index (χ2v) is 6.68. The Labute approximate surface area is 135 Å². The third kappa shape index (κ3) is 4.03. The maximum Gasteiger partial charge on any atom is 0.319 e. The molecule has 0 aliphatic carbocycles. The molecule has 2 N–H and O–H groups in total. The van der Waals surface area contributed by atoms with Gasteiger partial charge in [-0.15, -0.1) is 11.3 Å². The number of thiophene rings is 1. The summed E-state index contributed by atoms with van der Waals surface area (Å²) in [6, 6.07) is 8.08. The van der Waals surface area contributed by atoms with Crippen molar-refractivity contribution in [3.8, 4) is 0 Å². The molecule has 2 aromatic rings. The average molecular weight is 350 g/mol. The summed E-state index contributed by atoms with van der Waals surface area (Å²) in [6.45, 7) is 1.88. The lowest BCUT2D eigenvalue weighted by molar-refractivity contribution is 0.249. The molecule has 0 aliphatic rings. The van der Waals surface area contributed by atoms with Gasteiger partial charge in [0, 0.05) is 9.90 Å². The number of amides is 2. The van der Waals surface area contributed by atoms with Crippen LogP contribution in [0.4, 0.5) is 10.5 Å². The Morgan fingerprint density at radius 3 is 2.55 bits per heavy atom. The first-order valence-electron chi connectivity index (χ1n) is 5.73. The molecule has 0 bridgehead atoms. The Morgan fingerprint density at radius 2 is 1.95 bits per heavy atom. The second-order valence-electron chi connectivity index (χ2n) is 4.09. The first-order chi connectivity index (χ1) is 9.45. The summed E-state index contributed by atoms with van der Waals surface area (Å²) in [4.78, 5) is 12.9. The van der Waals surface area contributed by atoms with Crippen LogP contribution in [0.5, 0.6) is 0 Å². The minimum absolute atomic E-state index is 0.140. The van der Waals surface area contributed by atoms with Gasteiger partial charge < -0.3 is 10.6 Å². The minimum atomic E-state index is -0.341. The predicted molar refractivity (Wildman–Crippen MR) is 86.4 cm³/mol. The molecule has 20 heavy (non-hydrogen) atoms. The standard InChI is InChI=1S/C13H11Cl3N2OS/c1-7(11-4-5-12(16)20-11)17-13(19)18-10-3-2-8(14)6-9(10)15/h2-7H,1H3,(H2,17,18,19). The van der Waals surface area contributed by atoms with Gasteiger partial charge in [-0.1, -0.05) is 34.8 Å². The van der Waals surface area contributed by atoms with Crippen LogP contribution in [0.1, 0.15) is 17.8 Å². The molecule has 0 saturated heterocycles. The van der Waals surface area contributed by atoms with Gasteiger partial charge in [0.15, 0.2) is 0 Å². The lowest BCUT2D eigenvalue weighted by Crippen LogP contribution is -2.30. The number of hydrogen-bond donors (Lipinski definition) is 2. The molecule has 2 rings (SSSR count). The molecule has 3 nitrogen and oxygen atoms in total. The van der Waals surface area contributed by atoms with E-state index in [1.807, 2.05) is 13.0 Å². The van der Waals surface area contributed by atoms with Crippen molar-refractivity contribution in [1.29, 1.82) is 0 Å². The molecular formula is C13H11Cl3N2OS. The SMILES string of the molecule is CC(NC(=O)Nc1ccc(Cl)cc1Cl)c1ccc(Cl)s1. The minimum Gasteiger partial charge on any atom is -0.331 e. The van der Waals surface area contributed by atoms with Gasteiger partial charge in [-0.2, -0.15) is 0 Å². The lowest BCUT2D eigenvalue weighted by Gasteiger charge is -2.14.